The zero-order chi connectivity index (χ0) is 16.7. The molecular formula is C16H14FN3O3. The van der Waals surface area contributed by atoms with Crippen molar-refractivity contribution in [3.05, 3.63) is 65.5 Å². The molecule has 2 amide bonds. The van der Waals surface area contributed by atoms with E-state index < -0.39 is 17.6 Å². The highest BCUT2D eigenvalue weighted by atomic mass is 19.1. The highest BCUT2D eigenvalue weighted by Crippen LogP contribution is 2.08. The molecule has 6 nitrogen and oxygen atoms in total. The summed E-state index contributed by atoms with van der Waals surface area (Å²) < 4.78 is 13.0. The number of nitrogens with one attached hydrogen (secondary N) is 2. The molecule has 0 fully saturated rings. The molecule has 0 aliphatic rings. The highest BCUT2D eigenvalue weighted by molar-refractivity contribution is 5.96. The van der Waals surface area contributed by atoms with Crippen LogP contribution in [0.25, 0.3) is 0 Å². The number of rotatable bonds is 5. The van der Waals surface area contributed by atoms with E-state index in [9.17, 15) is 19.1 Å². The molecule has 118 valence electrons. The number of nitrogens with zero attached hydrogens (tertiary/aromatic N) is 1. The quantitative estimate of drug-likeness (QED) is 0.575. The molecule has 0 aromatic heterocycles. The maximum Gasteiger partial charge on any atom is 0.259 e. The monoisotopic (exact) mass is 315 g/mol. The summed E-state index contributed by atoms with van der Waals surface area (Å²) in [5.74, 6) is -1.54. The van der Waals surface area contributed by atoms with Gasteiger partial charge < -0.3 is 10.4 Å². The molecule has 0 aliphatic carbocycles. The van der Waals surface area contributed by atoms with Crippen LogP contribution in [-0.2, 0) is 4.79 Å². The van der Waals surface area contributed by atoms with E-state index >= 15 is 0 Å². The molecule has 7 heteroatoms. The van der Waals surface area contributed by atoms with Crippen LogP contribution in [0, 0.1) is 5.82 Å². The molecule has 2 aromatic carbocycles. The molecule has 2 aromatic rings. The number of amides is 2. The number of carbonyl (C=O) groups excluding carboxylic acids is 2. The third-order valence-electron chi connectivity index (χ3n) is 2.77. The van der Waals surface area contributed by atoms with Crippen LogP contribution in [-0.4, -0.2) is 29.7 Å². The first-order chi connectivity index (χ1) is 11.0. The van der Waals surface area contributed by atoms with E-state index in [4.69, 9.17) is 0 Å². The van der Waals surface area contributed by atoms with Gasteiger partial charge in [-0.1, -0.05) is 18.2 Å². The fraction of sp³-hybridized carbons (Fsp3) is 0.0625. The van der Waals surface area contributed by atoms with Gasteiger partial charge in [0.1, 0.15) is 11.6 Å². The van der Waals surface area contributed by atoms with Gasteiger partial charge in [0.05, 0.1) is 12.8 Å². The largest absolute Gasteiger partial charge is 0.508 e. The fourth-order valence-corrected chi connectivity index (χ4v) is 1.72. The summed E-state index contributed by atoms with van der Waals surface area (Å²) in [6.07, 6.45) is 1.35. The van der Waals surface area contributed by atoms with Gasteiger partial charge >= 0.3 is 0 Å². The van der Waals surface area contributed by atoms with Crippen molar-refractivity contribution in [2.75, 3.05) is 6.54 Å². The third kappa shape index (κ3) is 5.24. The van der Waals surface area contributed by atoms with Gasteiger partial charge in [-0.25, -0.2) is 9.82 Å². The Labute approximate surface area is 131 Å². The maximum atomic E-state index is 13.0. The molecule has 0 radical (unpaired) electrons. The summed E-state index contributed by atoms with van der Waals surface area (Å²) >= 11 is 0. The molecule has 23 heavy (non-hydrogen) atoms. The van der Waals surface area contributed by atoms with Crippen LogP contribution < -0.4 is 10.7 Å². The summed E-state index contributed by atoms with van der Waals surface area (Å²) in [7, 11) is 0. The van der Waals surface area contributed by atoms with Gasteiger partial charge in [0, 0.05) is 5.56 Å². The number of hydrogen-bond donors (Lipinski definition) is 3. The van der Waals surface area contributed by atoms with Crippen LogP contribution >= 0.6 is 0 Å². The van der Waals surface area contributed by atoms with Crippen LogP contribution in [0.5, 0.6) is 5.75 Å². The van der Waals surface area contributed by atoms with Crippen molar-refractivity contribution >= 4 is 18.0 Å². The Kier molecular flexibility index (Phi) is 5.40. The SMILES string of the molecule is O=C(CNC(=O)c1cccc(F)c1)N/N=C\c1cccc(O)c1. The summed E-state index contributed by atoms with van der Waals surface area (Å²) in [6.45, 7) is -0.299. The van der Waals surface area contributed by atoms with E-state index in [2.05, 4.69) is 15.8 Å². The first-order valence-corrected chi connectivity index (χ1v) is 6.69. The van der Waals surface area contributed by atoms with E-state index in [-0.39, 0.29) is 17.9 Å². The summed E-state index contributed by atoms with van der Waals surface area (Å²) in [6, 6.07) is 11.5. The van der Waals surface area contributed by atoms with E-state index in [1.165, 1.54) is 36.5 Å². The Hall–Kier alpha value is -3.22. The second-order valence-electron chi connectivity index (χ2n) is 4.58. The van der Waals surface area contributed by atoms with E-state index in [0.717, 1.165) is 6.07 Å². The van der Waals surface area contributed by atoms with Gasteiger partial charge in [-0.3, -0.25) is 9.59 Å². The van der Waals surface area contributed by atoms with Gasteiger partial charge in [0.15, 0.2) is 0 Å². The average Bonchev–Trinajstić information content (AvgIpc) is 2.52. The Morgan fingerprint density at radius 3 is 2.70 bits per heavy atom. The number of carbonyl (C=O) groups is 2. The first kappa shape index (κ1) is 16.2. The second-order valence-corrected chi connectivity index (χ2v) is 4.58. The number of benzene rings is 2. The van der Waals surface area contributed by atoms with Crippen molar-refractivity contribution in [3.63, 3.8) is 0 Å². The van der Waals surface area contributed by atoms with E-state index in [1.54, 1.807) is 12.1 Å². The summed E-state index contributed by atoms with van der Waals surface area (Å²) in [5, 5.41) is 15.3. The van der Waals surface area contributed by atoms with Gasteiger partial charge in [-0.15, -0.1) is 0 Å². The zero-order valence-electron chi connectivity index (χ0n) is 12.0. The molecule has 0 spiro atoms. The molecule has 3 N–H and O–H groups in total. The lowest BCUT2D eigenvalue weighted by molar-refractivity contribution is -0.120. The molecule has 0 unspecified atom stereocenters. The maximum absolute atomic E-state index is 13.0. The van der Waals surface area contributed by atoms with Crippen molar-refractivity contribution < 1.29 is 19.1 Å². The molecule has 0 aliphatic heterocycles. The van der Waals surface area contributed by atoms with Crippen LogP contribution in [0.4, 0.5) is 4.39 Å². The molecular weight excluding hydrogens is 301 g/mol. The second kappa shape index (κ2) is 7.69. The number of hydrogen-bond acceptors (Lipinski definition) is 4. The Morgan fingerprint density at radius 1 is 1.17 bits per heavy atom. The minimum Gasteiger partial charge on any atom is -0.508 e. The predicted octanol–water partition coefficient (Wildman–Crippen LogP) is 1.41. The number of hydrazone groups is 1. The summed E-state index contributed by atoms with van der Waals surface area (Å²) in [5.41, 5.74) is 2.96. The van der Waals surface area contributed by atoms with Crippen LogP contribution in [0.3, 0.4) is 0 Å². The molecule has 0 heterocycles. The molecule has 0 saturated heterocycles. The van der Waals surface area contributed by atoms with Crippen LogP contribution in [0.1, 0.15) is 15.9 Å². The Bertz CT molecular complexity index is 747. The topological polar surface area (TPSA) is 90.8 Å². The lowest BCUT2D eigenvalue weighted by Gasteiger charge is -2.04. The first-order valence-electron chi connectivity index (χ1n) is 6.69. The van der Waals surface area contributed by atoms with Crippen molar-refractivity contribution in [2.45, 2.75) is 0 Å². The Morgan fingerprint density at radius 2 is 1.96 bits per heavy atom. The van der Waals surface area contributed by atoms with E-state index in [0.29, 0.717) is 5.56 Å². The number of aromatic hydroxyl groups is 1. The van der Waals surface area contributed by atoms with Crippen LogP contribution in [0.15, 0.2) is 53.6 Å². The summed E-state index contributed by atoms with van der Waals surface area (Å²) in [4.78, 5) is 23.2. The molecule has 0 saturated carbocycles. The lowest BCUT2D eigenvalue weighted by Crippen LogP contribution is -2.34. The normalized spacial score (nSPS) is 10.5. The minimum absolute atomic E-state index is 0.0858. The number of phenols is 1. The van der Waals surface area contributed by atoms with Gasteiger partial charge in [-0.05, 0) is 35.9 Å². The standard InChI is InChI=1S/C16H14FN3O3/c17-13-5-2-4-12(8-13)16(23)18-10-15(22)20-19-9-11-3-1-6-14(21)7-11/h1-9,21H,10H2,(H,18,23)(H,20,22)/b19-9-. The van der Waals surface area contributed by atoms with E-state index in [1.807, 2.05) is 0 Å². The number of phenolic OH excluding ortho intramolecular Hbond substituents is 1. The minimum atomic E-state index is -0.559. The van der Waals surface area contributed by atoms with Crippen molar-refractivity contribution in [1.29, 1.82) is 0 Å². The molecule has 0 atom stereocenters. The average molecular weight is 315 g/mol. The predicted molar refractivity (Wildman–Crippen MR) is 82.6 cm³/mol. The van der Waals surface area contributed by atoms with Gasteiger partial charge in [0.2, 0.25) is 0 Å². The fourth-order valence-electron chi connectivity index (χ4n) is 1.72. The number of halogens is 1. The molecule has 0 bridgehead atoms. The van der Waals surface area contributed by atoms with Gasteiger partial charge in [-0.2, -0.15) is 5.10 Å². The van der Waals surface area contributed by atoms with Crippen molar-refractivity contribution in [3.8, 4) is 5.75 Å². The Balaban J connectivity index is 1.80. The van der Waals surface area contributed by atoms with Crippen molar-refractivity contribution in [2.24, 2.45) is 5.10 Å². The van der Waals surface area contributed by atoms with Gasteiger partial charge in [0.25, 0.3) is 11.8 Å². The highest BCUT2D eigenvalue weighted by Gasteiger charge is 2.08. The smallest absolute Gasteiger partial charge is 0.259 e. The van der Waals surface area contributed by atoms with Crippen LogP contribution in [0.2, 0.25) is 0 Å². The van der Waals surface area contributed by atoms with Crippen molar-refractivity contribution in [1.82, 2.24) is 10.7 Å². The lowest BCUT2D eigenvalue weighted by atomic mass is 10.2. The third-order valence-corrected chi connectivity index (χ3v) is 2.77. The zero-order valence-corrected chi connectivity index (χ0v) is 12.0. The molecule has 2 rings (SSSR count).